The van der Waals surface area contributed by atoms with Crippen LogP contribution in [0.1, 0.15) is 232 Å². The third-order valence-electron chi connectivity index (χ3n) is 19.2. The van der Waals surface area contributed by atoms with Crippen LogP contribution in [0.3, 0.4) is 0 Å². The molecule has 0 unspecified atom stereocenters. The van der Waals surface area contributed by atoms with Crippen LogP contribution in [0, 0.1) is 0 Å². The second kappa shape index (κ2) is 37.2. The van der Waals surface area contributed by atoms with Gasteiger partial charge < -0.3 is 35.0 Å². The van der Waals surface area contributed by atoms with Crippen molar-refractivity contribution in [1.82, 2.24) is 24.9 Å². The first-order chi connectivity index (χ1) is 49.3. The van der Waals surface area contributed by atoms with Gasteiger partial charge in [-0.3, -0.25) is 19.9 Å². The molecule has 22 heteroatoms. The van der Waals surface area contributed by atoms with Gasteiger partial charge in [-0.25, -0.2) is 35.4 Å². The molecule has 4 fully saturated rings. The number of ether oxygens (including phenoxy) is 1. The lowest BCUT2D eigenvalue weighted by Crippen LogP contribution is -2.51. The third-order valence-corrected chi connectivity index (χ3v) is 21.9. The molecule has 3 saturated heterocycles. The minimum absolute atomic E-state index is 0.0607. The monoisotopic (exact) mass is 1550 g/mol. The topological polar surface area (TPSA) is 290 Å². The number of nitrogens with zero attached hydrogens (tertiary/aromatic N) is 7. The van der Waals surface area contributed by atoms with Crippen molar-refractivity contribution in [2.24, 2.45) is 5.14 Å². The quantitative estimate of drug-likeness (QED) is 0.0717. The SMILES string of the molecule is CC(C)(C)c1ccc(C2(O)CCC2)nc1.CC(C)(C)c1ccc(C2(O)COC2)cc1.CC(C)(C)c1ccc(CCS(C)(=O)=O)nc1.CC(C)(C)c1ccc(CCS(C)(=O)=O)nc1.CC(C)(C)c1ccc(CCS(N)(=O)=O)nc1.CC(C)(C)c1ccc(N2CC(O)C2)cc1.CC(C)(C)c1ccc(N2CC(O)C2)nc1. The number of hydrogen-bond acceptors (Lipinski definition) is 18. The largest absolute Gasteiger partial charge is 0.389 e. The first-order valence-corrected chi connectivity index (χ1v) is 43.4. The van der Waals surface area contributed by atoms with E-state index in [4.69, 9.17) is 9.88 Å². The molecule has 0 atom stereocenters. The third kappa shape index (κ3) is 31.3. The molecular formula is C86H130N8O11S3. The van der Waals surface area contributed by atoms with Crippen LogP contribution >= 0.6 is 0 Å². The van der Waals surface area contributed by atoms with E-state index in [0.29, 0.717) is 45.6 Å². The van der Waals surface area contributed by atoms with Gasteiger partial charge in [-0.05, 0) is 144 Å². The number of nitrogens with two attached hydrogens (primary N) is 1. The van der Waals surface area contributed by atoms with E-state index in [1.165, 1.54) is 40.5 Å². The number of sulfone groups is 2. The van der Waals surface area contributed by atoms with Gasteiger partial charge in [0, 0.05) is 112 Å². The lowest BCUT2D eigenvalue weighted by Gasteiger charge is -2.38. The zero-order chi connectivity index (χ0) is 81.5. The molecule has 0 spiro atoms. The number of hydrogen-bond donors (Lipinski definition) is 5. The van der Waals surface area contributed by atoms with Crippen LogP contribution in [0.5, 0.6) is 0 Å². The summed E-state index contributed by atoms with van der Waals surface area (Å²) in [4.78, 5) is 25.9. The Morgan fingerprint density at radius 3 is 0.954 bits per heavy atom. The highest BCUT2D eigenvalue weighted by molar-refractivity contribution is 7.91. The van der Waals surface area contributed by atoms with Gasteiger partial charge >= 0.3 is 0 Å². The molecule has 19 nitrogen and oxygen atoms in total. The molecule has 11 rings (SSSR count). The molecule has 598 valence electrons. The van der Waals surface area contributed by atoms with Gasteiger partial charge in [0.05, 0.1) is 48.4 Å². The van der Waals surface area contributed by atoms with Crippen LogP contribution in [0.25, 0.3) is 0 Å². The fourth-order valence-corrected chi connectivity index (χ4v) is 12.6. The standard InChI is InChI=1S/2C13H19NO.C13H18O2.C12H18N2O.2C12H19NO2S.C11H18N2O2S/c1-12(2,3)10-5-6-11(14-9-10)13(15)7-4-8-13;1-13(2,3)10-4-6-11(7-5-10)14-8-12(15)9-14;1-12(2,3)10-4-6-11(7-5-10)13(14)8-15-9-13;1-12(2,3)9-4-5-11(13-6-9)14-7-10(15)8-14;2*1-12(2,3)10-5-6-11(13-9-10)7-8-16(4,14)15;1-11(2,3)9-4-5-10(13-8-9)6-7-16(12,14)15/h5-6,9,15H,4,7-8H2,1-3H3;4-7,12,15H,8-9H2,1-3H3;4-7,14H,8-9H2,1-3H3;4-6,10,15H,7-8H2,1-3H3;2*5-6,9H,7-8H2,1-4H3;4-5,8H,6-7H2,1-3H3,(H2,12,14,15). The Labute approximate surface area is 649 Å². The van der Waals surface area contributed by atoms with Crippen LogP contribution < -0.4 is 14.9 Å². The number of β-amino-alcohol motifs (C(OH)–C–C–N with tert-alkyl or cyclic N) is 2. The zero-order valence-electron chi connectivity index (χ0n) is 69.1. The van der Waals surface area contributed by atoms with Gasteiger partial charge in [0.25, 0.3) is 0 Å². The smallest absolute Gasteiger partial charge is 0.209 e. The number of anilines is 2. The summed E-state index contributed by atoms with van der Waals surface area (Å²) < 4.78 is 70.6. The fourth-order valence-electron chi connectivity index (χ4n) is 11.0. The second-order valence-electron chi connectivity index (χ2n) is 36.7. The molecule has 2 aromatic carbocycles. The highest BCUT2D eigenvalue weighted by Gasteiger charge is 2.39. The molecule has 0 bridgehead atoms. The van der Waals surface area contributed by atoms with Crippen molar-refractivity contribution in [1.29, 1.82) is 0 Å². The van der Waals surface area contributed by atoms with Gasteiger partial charge in [0.1, 0.15) is 36.7 Å². The maximum Gasteiger partial charge on any atom is 0.209 e. The Hall–Kier alpha value is -6.60. The van der Waals surface area contributed by atoms with Crippen LogP contribution in [-0.4, -0.2) is 152 Å². The summed E-state index contributed by atoms with van der Waals surface area (Å²) in [5.41, 5.74) is 13.5. The van der Waals surface area contributed by atoms with Crippen LogP contribution in [0.4, 0.5) is 11.5 Å². The number of benzene rings is 2. The van der Waals surface area contributed by atoms with Gasteiger partial charge in [-0.15, -0.1) is 0 Å². The summed E-state index contributed by atoms with van der Waals surface area (Å²) in [6.45, 7) is 49.1. The molecule has 5 aromatic heterocycles. The van der Waals surface area contributed by atoms with E-state index in [1.54, 1.807) is 6.20 Å². The first kappa shape index (κ1) is 92.0. The maximum atomic E-state index is 11.0. The van der Waals surface area contributed by atoms with Crippen molar-refractivity contribution in [2.75, 3.05) is 79.0 Å². The number of primary sulfonamides is 1. The number of rotatable bonds is 13. The lowest BCUT2D eigenvalue weighted by atomic mass is 9.77. The fraction of sp³-hybridized carbons (Fsp3) is 0.570. The van der Waals surface area contributed by atoms with Gasteiger partial charge in [0.2, 0.25) is 10.0 Å². The summed E-state index contributed by atoms with van der Waals surface area (Å²) in [7, 11) is -9.20. The Kier molecular flexibility index (Phi) is 31.7. The normalized spacial score (nSPS) is 16.1. The molecule has 108 heavy (non-hydrogen) atoms. The molecule has 7 aromatic rings. The van der Waals surface area contributed by atoms with Crippen molar-refractivity contribution < 1.29 is 50.4 Å². The molecular weight excluding hydrogens is 1420 g/mol. The molecule has 6 N–H and O–H groups in total. The average molecular weight is 1550 g/mol. The minimum atomic E-state index is -3.40. The lowest BCUT2D eigenvalue weighted by molar-refractivity contribution is -0.184. The zero-order valence-corrected chi connectivity index (χ0v) is 71.6. The Morgan fingerprint density at radius 1 is 0.398 bits per heavy atom. The molecule has 8 heterocycles. The van der Waals surface area contributed by atoms with E-state index in [1.807, 2.05) is 85.5 Å². The van der Waals surface area contributed by atoms with Crippen molar-refractivity contribution in [3.8, 4) is 0 Å². The van der Waals surface area contributed by atoms with E-state index in [9.17, 15) is 45.7 Å². The molecule has 1 saturated carbocycles. The van der Waals surface area contributed by atoms with Gasteiger partial charge in [-0.2, -0.15) is 0 Å². The first-order valence-electron chi connectivity index (χ1n) is 37.6. The van der Waals surface area contributed by atoms with Crippen molar-refractivity contribution in [3.63, 3.8) is 0 Å². The summed E-state index contributed by atoms with van der Waals surface area (Å²) in [5, 5.41) is 43.5. The van der Waals surface area contributed by atoms with Crippen LogP contribution in [-0.2, 0) is 103 Å². The number of aliphatic hydroxyl groups excluding tert-OH is 2. The highest BCUT2D eigenvalue weighted by Crippen LogP contribution is 2.41. The number of aryl methyl sites for hydroxylation is 3. The van der Waals surface area contributed by atoms with Gasteiger partial charge in [-0.1, -0.05) is 212 Å². The summed E-state index contributed by atoms with van der Waals surface area (Å²) in [6, 6.07) is 36.7. The molecule has 1 aliphatic carbocycles. The predicted octanol–water partition coefficient (Wildman–Crippen LogP) is 13.8. The Morgan fingerprint density at radius 2 is 0.704 bits per heavy atom. The maximum absolute atomic E-state index is 11.0. The predicted molar refractivity (Wildman–Crippen MR) is 442 cm³/mol. The second-order valence-corrected chi connectivity index (χ2v) is 43.0. The number of sulfonamides is 1. The van der Waals surface area contributed by atoms with Crippen molar-refractivity contribution in [3.05, 3.63) is 207 Å². The Balaban J connectivity index is 0.000000226. The molecule has 0 amide bonds. The van der Waals surface area contributed by atoms with E-state index in [2.05, 4.69) is 229 Å². The summed E-state index contributed by atoms with van der Waals surface area (Å²) in [6.07, 6.45) is 15.6. The van der Waals surface area contributed by atoms with Crippen LogP contribution in [0.2, 0.25) is 0 Å². The highest BCUT2D eigenvalue weighted by atomic mass is 32.2. The van der Waals surface area contributed by atoms with Crippen molar-refractivity contribution >= 4 is 41.2 Å². The number of aliphatic hydroxyl groups is 4. The summed E-state index contributed by atoms with van der Waals surface area (Å²) in [5.74, 6) is 1.23. The summed E-state index contributed by atoms with van der Waals surface area (Å²) >= 11 is 0. The van der Waals surface area contributed by atoms with Crippen molar-refractivity contribution in [2.45, 2.75) is 245 Å². The molecule has 4 aliphatic rings. The number of aromatic nitrogens is 5. The minimum Gasteiger partial charge on any atom is -0.389 e. The van der Waals surface area contributed by atoms with E-state index >= 15 is 0 Å². The Bertz CT molecular complexity index is 3890. The van der Waals surface area contributed by atoms with Gasteiger partial charge in [0.15, 0.2) is 0 Å². The van der Waals surface area contributed by atoms with E-state index < -0.39 is 40.9 Å². The molecule has 3 aliphatic heterocycles. The van der Waals surface area contributed by atoms with E-state index in [-0.39, 0.29) is 67.4 Å². The van der Waals surface area contributed by atoms with E-state index in [0.717, 1.165) is 83.2 Å². The average Bonchev–Trinajstić information content (AvgIpc) is 0.795. The molecule has 0 radical (unpaired) electrons. The van der Waals surface area contributed by atoms with Crippen LogP contribution in [0.15, 0.2) is 140 Å². The number of pyridine rings is 5.